The second-order valence-corrected chi connectivity index (χ2v) is 7.01. The van der Waals surface area contributed by atoms with Crippen LogP contribution in [-0.2, 0) is 6.42 Å². The highest BCUT2D eigenvalue weighted by atomic mass is 79.9. The van der Waals surface area contributed by atoms with Gasteiger partial charge in [-0.1, -0.05) is 36.8 Å². The Bertz CT molecular complexity index is 547. The molecule has 0 aliphatic heterocycles. The van der Waals surface area contributed by atoms with Gasteiger partial charge in [0.05, 0.1) is 0 Å². The maximum absolute atomic E-state index is 3.69. The van der Waals surface area contributed by atoms with E-state index >= 15 is 0 Å². The number of nitrogens with one attached hydrogen (secondary N) is 1. The highest BCUT2D eigenvalue weighted by Crippen LogP contribution is 2.33. The summed E-state index contributed by atoms with van der Waals surface area (Å²) in [6.07, 6.45) is 1.04. The van der Waals surface area contributed by atoms with Crippen LogP contribution < -0.4 is 5.32 Å². The lowest BCUT2D eigenvalue weighted by Crippen LogP contribution is -2.22. The number of hydrogen-bond acceptors (Lipinski definition) is 2. The molecule has 0 saturated carbocycles. The summed E-state index contributed by atoms with van der Waals surface area (Å²) in [7, 11) is 0. The molecule has 1 aromatic heterocycles. The van der Waals surface area contributed by atoms with Crippen molar-refractivity contribution in [3.63, 3.8) is 0 Å². The first kappa shape index (κ1) is 14.8. The minimum atomic E-state index is 0.389. The molecule has 1 atom stereocenters. The van der Waals surface area contributed by atoms with Gasteiger partial charge in [-0.05, 0) is 54.4 Å². The average Bonchev–Trinajstić information content (AvgIpc) is 2.68. The number of rotatable bonds is 5. The van der Waals surface area contributed by atoms with Gasteiger partial charge in [0.25, 0.3) is 0 Å². The van der Waals surface area contributed by atoms with Crippen LogP contribution in [0.1, 0.15) is 33.8 Å². The molecule has 1 aromatic carbocycles. The molecule has 2 rings (SSSR count). The van der Waals surface area contributed by atoms with Crippen molar-refractivity contribution in [3.8, 4) is 0 Å². The standard InChI is InChI=1S/C16H20BrNS/c1-4-18-15(16-14(17)9-12(3)19-16)10-13-7-5-6-11(2)8-13/h5-9,15,18H,4,10H2,1-3H3. The smallest absolute Gasteiger partial charge is 0.0467 e. The summed E-state index contributed by atoms with van der Waals surface area (Å²) in [5.41, 5.74) is 2.72. The number of thiophene rings is 1. The molecule has 0 aliphatic carbocycles. The van der Waals surface area contributed by atoms with E-state index in [2.05, 4.69) is 72.3 Å². The normalized spacial score (nSPS) is 12.6. The summed E-state index contributed by atoms with van der Waals surface area (Å²) in [6.45, 7) is 7.46. The molecule has 0 spiro atoms. The van der Waals surface area contributed by atoms with Gasteiger partial charge in [0.15, 0.2) is 0 Å². The molecule has 0 saturated heterocycles. The van der Waals surface area contributed by atoms with Crippen molar-refractivity contribution in [2.24, 2.45) is 0 Å². The van der Waals surface area contributed by atoms with Crippen molar-refractivity contribution in [1.29, 1.82) is 0 Å². The molecule has 1 nitrogen and oxygen atoms in total. The molecule has 0 radical (unpaired) electrons. The summed E-state index contributed by atoms with van der Waals surface area (Å²) in [4.78, 5) is 2.76. The number of hydrogen-bond donors (Lipinski definition) is 1. The van der Waals surface area contributed by atoms with Crippen LogP contribution in [0.15, 0.2) is 34.8 Å². The molecule has 1 heterocycles. The predicted molar refractivity (Wildman–Crippen MR) is 88.1 cm³/mol. The van der Waals surface area contributed by atoms with Crippen molar-refractivity contribution < 1.29 is 0 Å². The van der Waals surface area contributed by atoms with Crippen molar-refractivity contribution in [1.82, 2.24) is 5.32 Å². The lowest BCUT2D eigenvalue weighted by atomic mass is 10.0. The lowest BCUT2D eigenvalue weighted by molar-refractivity contribution is 0.556. The molecule has 19 heavy (non-hydrogen) atoms. The van der Waals surface area contributed by atoms with Gasteiger partial charge < -0.3 is 5.32 Å². The van der Waals surface area contributed by atoms with Gasteiger partial charge in [-0.3, -0.25) is 0 Å². The van der Waals surface area contributed by atoms with Gasteiger partial charge >= 0.3 is 0 Å². The first-order valence-electron chi connectivity index (χ1n) is 6.65. The number of benzene rings is 1. The molecule has 0 amide bonds. The van der Waals surface area contributed by atoms with E-state index in [1.807, 2.05) is 11.3 Å². The molecule has 1 unspecified atom stereocenters. The van der Waals surface area contributed by atoms with E-state index in [0.717, 1.165) is 13.0 Å². The van der Waals surface area contributed by atoms with Crippen molar-refractivity contribution in [3.05, 3.63) is 55.7 Å². The van der Waals surface area contributed by atoms with Crippen LogP contribution in [-0.4, -0.2) is 6.54 Å². The Morgan fingerprint density at radius 2 is 2.05 bits per heavy atom. The van der Waals surface area contributed by atoms with Crippen LogP contribution in [0.25, 0.3) is 0 Å². The van der Waals surface area contributed by atoms with Crippen molar-refractivity contribution in [2.75, 3.05) is 6.54 Å². The molecular weight excluding hydrogens is 318 g/mol. The summed E-state index contributed by atoms with van der Waals surface area (Å²) in [6, 6.07) is 11.4. The van der Waals surface area contributed by atoms with E-state index in [4.69, 9.17) is 0 Å². The highest BCUT2D eigenvalue weighted by molar-refractivity contribution is 9.10. The first-order valence-corrected chi connectivity index (χ1v) is 8.26. The lowest BCUT2D eigenvalue weighted by Gasteiger charge is -2.17. The molecule has 2 aromatic rings. The van der Waals surface area contributed by atoms with Crippen LogP contribution in [0, 0.1) is 13.8 Å². The van der Waals surface area contributed by atoms with E-state index in [1.54, 1.807) is 0 Å². The van der Waals surface area contributed by atoms with Gasteiger partial charge in [0.2, 0.25) is 0 Å². The Hall–Kier alpha value is -0.640. The Morgan fingerprint density at radius 1 is 1.26 bits per heavy atom. The third kappa shape index (κ3) is 3.91. The maximum atomic E-state index is 3.69. The van der Waals surface area contributed by atoms with Gasteiger partial charge in [-0.2, -0.15) is 0 Å². The molecule has 0 bridgehead atoms. The largest absolute Gasteiger partial charge is 0.309 e. The van der Waals surface area contributed by atoms with Gasteiger partial charge in [0.1, 0.15) is 0 Å². The van der Waals surface area contributed by atoms with Gasteiger partial charge in [-0.25, -0.2) is 0 Å². The summed E-state index contributed by atoms with van der Waals surface area (Å²) in [5.74, 6) is 0. The second kappa shape index (κ2) is 6.69. The van der Waals surface area contributed by atoms with E-state index in [1.165, 1.54) is 25.4 Å². The van der Waals surface area contributed by atoms with E-state index in [9.17, 15) is 0 Å². The average molecular weight is 338 g/mol. The minimum Gasteiger partial charge on any atom is -0.309 e. The van der Waals surface area contributed by atoms with E-state index < -0.39 is 0 Å². The first-order chi connectivity index (χ1) is 9.10. The van der Waals surface area contributed by atoms with Crippen LogP contribution in [0.5, 0.6) is 0 Å². The Morgan fingerprint density at radius 3 is 2.63 bits per heavy atom. The summed E-state index contributed by atoms with van der Waals surface area (Å²) >= 11 is 5.56. The summed E-state index contributed by atoms with van der Waals surface area (Å²) in [5, 5.41) is 3.60. The summed E-state index contributed by atoms with van der Waals surface area (Å²) < 4.78 is 1.23. The number of aryl methyl sites for hydroxylation is 2. The van der Waals surface area contributed by atoms with E-state index in [0.29, 0.717) is 6.04 Å². The zero-order valence-corrected chi connectivity index (χ0v) is 14.1. The monoisotopic (exact) mass is 337 g/mol. The van der Waals surface area contributed by atoms with Crippen LogP contribution in [0.3, 0.4) is 0 Å². The number of likely N-dealkylation sites (N-methyl/N-ethyl adjacent to an activating group) is 1. The van der Waals surface area contributed by atoms with Crippen molar-refractivity contribution >= 4 is 27.3 Å². The third-order valence-corrected chi connectivity index (χ3v) is 5.21. The zero-order valence-electron chi connectivity index (χ0n) is 11.7. The quantitative estimate of drug-likeness (QED) is 0.807. The van der Waals surface area contributed by atoms with Gasteiger partial charge in [-0.15, -0.1) is 11.3 Å². The third-order valence-electron chi connectivity index (χ3n) is 3.13. The molecule has 3 heteroatoms. The Balaban J connectivity index is 2.23. The van der Waals surface area contributed by atoms with Crippen LogP contribution in [0.4, 0.5) is 0 Å². The van der Waals surface area contributed by atoms with Crippen molar-refractivity contribution in [2.45, 2.75) is 33.2 Å². The molecule has 1 N–H and O–H groups in total. The van der Waals surface area contributed by atoms with Crippen LogP contribution >= 0.6 is 27.3 Å². The maximum Gasteiger partial charge on any atom is 0.0467 e. The minimum absolute atomic E-state index is 0.389. The highest BCUT2D eigenvalue weighted by Gasteiger charge is 2.16. The number of halogens is 1. The fourth-order valence-electron chi connectivity index (χ4n) is 2.32. The fourth-order valence-corrected chi connectivity index (χ4v) is 4.32. The Labute approximate surface area is 128 Å². The topological polar surface area (TPSA) is 12.0 Å². The van der Waals surface area contributed by atoms with Gasteiger partial charge in [0, 0.05) is 20.3 Å². The van der Waals surface area contributed by atoms with Crippen LogP contribution in [0.2, 0.25) is 0 Å². The SMILES string of the molecule is CCNC(Cc1cccc(C)c1)c1sc(C)cc1Br. The molecular formula is C16H20BrNS. The van der Waals surface area contributed by atoms with E-state index in [-0.39, 0.29) is 0 Å². The Kier molecular flexibility index (Phi) is 5.20. The zero-order chi connectivity index (χ0) is 13.8. The molecule has 0 aliphatic rings. The molecule has 102 valence electrons. The second-order valence-electron chi connectivity index (χ2n) is 4.87. The molecule has 0 fully saturated rings. The predicted octanol–water partition coefficient (Wildman–Crippen LogP) is 5.02. The fraction of sp³-hybridized carbons (Fsp3) is 0.375.